The fraction of sp³-hybridized carbons (Fsp3) is 0.455. The third-order valence-electron chi connectivity index (χ3n) is 2.47. The van der Waals surface area contributed by atoms with Gasteiger partial charge < -0.3 is 4.74 Å². The minimum absolute atomic E-state index is 0.244. The van der Waals surface area contributed by atoms with Crippen molar-refractivity contribution in [1.82, 2.24) is 14.8 Å². The van der Waals surface area contributed by atoms with Gasteiger partial charge in [0.2, 0.25) is 0 Å². The van der Waals surface area contributed by atoms with Crippen molar-refractivity contribution >= 4 is 22.6 Å². The monoisotopic (exact) mass is 239 g/mol. The van der Waals surface area contributed by atoms with Crippen molar-refractivity contribution < 1.29 is 4.74 Å². The Morgan fingerprint density at radius 1 is 1.38 bits per heavy atom. The lowest BCUT2D eigenvalue weighted by atomic mass is 10.1. The van der Waals surface area contributed by atoms with Gasteiger partial charge in [-0.05, 0) is 26.0 Å². The first-order valence-electron chi connectivity index (χ1n) is 5.05. The van der Waals surface area contributed by atoms with Gasteiger partial charge in [-0.15, -0.1) is 0 Å². The van der Waals surface area contributed by atoms with Gasteiger partial charge in [-0.1, -0.05) is 11.6 Å². The van der Waals surface area contributed by atoms with Crippen LogP contribution in [0.3, 0.4) is 0 Å². The van der Waals surface area contributed by atoms with Crippen molar-refractivity contribution in [3.63, 3.8) is 0 Å². The Bertz CT molecular complexity index is 507. The summed E-state index contributed by atoms with van der Waals surface area (Å²) in [4.78, 5) is 4.19. The van der Waals surface area contributed by atoms with E-state index in [4.69, 9.17) is 16.3 Å². The molecule has 0 saturated carbocycles. The molecule has 2 heterocycles. The molecule has 0 unspecified atom stereocenters. The SMILES string of the molecule is COC(C)(C)Cn1cc2nc(Cl)ccc2n1. The molecular weight excluding hydrogens is 226 g/mol. The Labute approximate surface area is 99.2 Å². The number of methoxy groups -OCH3 is 1. The Balaban J connectivity index is 2.33. The van der Waals surface area contributed by atoms with Crippen molar-refractivity contribution in [3.05, 3.63) is 23.5 Å². The predicted octanol–water partition coefficient (Wildman–Crippen LogP) is 2.51. The van der Waals surface area contributed by atoms with Crippen LogP contribution in [0.5, 0.6) is 0 Å². The van der Waals surface area contributed by atoms with Crippen LogP contribution in [0.1, 0.15) is 13.8 Å². The van der Waals surface area contributed by atoms with E-state index in [0.29, 0.717) is 11.7 Å². The highest BCUT2D eigenvalue weighted by Gasteiger charge is 2.18. The first-order chi connectivity index (χ1) is 7.50. The summed E-state index contributed by atoms with van der Waals surface area (Å²) >= 11 is 5.82. The van der Waals surface area contributed by atoms with E-state index in [1.807, 2.05) is 30.8 Å². The molecule has 16 heavy (non-hydrogen) atoms. The molecule has 86 valence electrons. The van der Waals surface area contributed by atoms with Crippen LogP contribution in [0.2, 0.25) is 5.15 Å². The molecule has 0 saturated heterocycles. The number of hydrogen-bond acceptors (Lipinski definition) is 3. The molecule has 2 rings (SSSR count). The van der Waals surface area contributed by atoms with E-state index in [1.165, 1.54) is 0 Å². The van der Waals surface area contributed by atoms with Crippen LogP contribution in [0.15, 0.2) is 18.3 Å². The second-order valence-corrected chi connectivity index (χ2v) is 4.72. The summed E-state index contributed by atoms with van der Waals surface area (Å²) in [5, 5.41) is 4.89. The van der Waals surface area contributed by atoms with Crippen LogP contribution in [-0.2, 0) is 11.3 Å². The summed E-state index contributed by atoms with van der Waals surface area (Å²) in [6.07, 6.45) is 1.88. The second kappa shape index (κ2) is 4.03. The number of pyridine rings is 1. The topological polar surface area (TPSA) is 39.9 Å². The largest absolute Gasteiger partial charge is 0.377 e. The van der Waals surface area contributed by atoms with Gasteiger partial charge in [-0.25, -0.2) is 4.98 Å². The lowest BCUT2D eigenvalue weighted by Gasteiger charge is -2.22. The van der Waals surface area contributed by atoms with Crippen molar-refractivity contribution in [2.24, 2.45) is 0 Å². The zero-order valence-corrected chi connectivity index (χ0v) is 10.3. The van der Waals surface area contributed by atoms with Crippen LogP contribution in [0.25, 0.3) is 11.0 Å². The van der Waals surface area contributed by atoms with Gasteiger partial charge >= 0.3 is 0 Å². The van der Waals surface area contributed by atoms with Gasteiger partial charge in [-0.2, -0.15) is 5.10 Å². The fourth-order valence-electron chi connectivity index (χ4n) is 1.47. The standard InChI is InChI=1S/C11H14ClN3O/c1-11(2,16-3)7-15-6-9-8(14-15)4-5-10(12)13-9/h4-6H,7H2,1-3H3. The maximum atomic E-state index is 5.82. The van der Waals surface area contributed by atoms with E-state index in [9.17, 15) is 0 Å². The third kappa shape index (κ3) is 2.33. The van der Waals surface area contributed by atoms with Gasteiger partial charge in [0.25, 0.3) is 0 Å². The lowest BCUT2D eigenvalue weighted by Crippen LogP contribution is -2.29. The van der Waals surface area contributed by atoms with Crippen LogP contribution in [0, 0.1) is 0 Å². The number of ether oxygens (including phenoxy) is 1. The van der Waals surface area contributed by atoms with E-state index >= 15 is 0 Å². The van der Waals surface area contributed by atoms with E-state index in [2.05, 4.69) is 10.1 Å². The Kier molecular flexibility index (Phi) is 2.86. The Morgan fingerprint density at radius 2 is 2.12 bits per heavy atom. The molecule has 2 aromatic heterocycles. The summed E-state index contributed by atoms with van der Waals surface area (Å²) in [5.74, 6) is 0. The highest BCUT2D eigenvalue weighted by molar-refractivity contribution is 6.29. The molecule has 2 aromatic rings. The number of aromatic nitrogens is 3. The Morgan fingerprint density at radius 3 is 2.81 bits per heavy atom. The van der Waals surface area contributed by atoms with Crippen molar-refractivity contribution in [3.8, 4) is 0 Å². The summed E-state index contributed by atoms with van der Waals surface area (Å²) in [6.45, 7) is 4.71. The molecule has 0 N–H and O–H groups in total. The first-order valence-corrected chi connectivity index (χ1v) is 5.43. The minimum Gasteiger partial charge on any atom is -0.377 e. The van der Waals surface area contributed by atoms with Gasteiger partial charge in [0, 0.05) is 7.11 Å². The van der Waals surface area contributed by atoms with Crippen LogP contribution >= 0.6 is 11.6 Å². The maximum absolute atomic E-state index is 5.82. The average Bonchev–Trinajstić information content (AvgIpc) is 2.58. The molecule has 0 fully saturated rings. The van der Waals surface area contributed by atoms with Crippen LogP contribution in [0.4, 0.5) is 0 Å². The van der Waals surface area contributed by atoms with Crippen molar-refractivity contribution in [2.45, 2.75) is 26.0 Å². The maximum Gasteiger partial charge on any atom is 0.129 e. The molecule has 0 aliphatic rings. The summed E-state index contributed by atoms with van der Waals surface area (Å²) in [5.41, 5.74) is 1.40. The number of fused-ring (bicyclic) bond motifs is 1. The molecule has 5 heteroatoms. The number of halogens is 1. The van der Waals surface area contributed by atoms with Gasteiger partial charge in [0.15, 0.2) is 0 Å². The van der Waals surface area contributed by atoms with Crippen molar-refractivity contribution in [2.75, 3.05) is 7.11 Å². The molecule has 0 aliphatic heterocycles. The highest BCUT2D eigenvalue weighted by Crippen LogP contribution is 2.16. The van der Waals surface area contributed by atoms with Gasteiger partial charge in [0.1, 0.15) is 16.2 Å². The third-order valence-corrected chi connectivity index (χ3v) is 2.68. The summed E-state index contributed by atoms with van der Waals surface area (Å²) < 4.78 is 7.18. The van der Waals surface area contributed by atoms with Crippen molar-refractivity contribution in [1.29, 1.82) is 0 Å². The van der Waals surface area contributed by atoms with Crippen LogP contribution < -0.4 is 0 Å². The van der Waals surface area contributed by atoms with E-state index in [1.54, 1.807) is 13.2 Å². The second-order valence-electron chi connectivity index (χ2n) is 4.33. The molecule has 0 aromatic carbocycles. The fourth-order valence-corrected chi connectivity index (χ4v) is 1.62. The highest BCUT2D eigenvalue weighted by atomic mass is 35.5. The molecule has 4 nitrogen and oxygen atoms in total. The molecular formula is C11H14ClN3O. The lowest BCUT2D eigenvalue weighted by molar-refractivity contribution is 0.00558. The first kappa shape index (κ1) is 11.4. The quantitative estimate of drug-likeness (QED) is 0.773. The van der Waals surface area contributed by atoms with Gasteiger partial charge in [-0.3, -0.25) is 4.68 Å². The molecule has 0 amide bonds. The van der Waals surface area contributed by atoms with E-state index in [0.717, 1.165) is 11.0 Å². The van der Waals surface area contributed by atoms with E-state index in [-0.39, 0.29) is 5.60 Å². The molecule has 0 spiro atoms. The summed E-state index contributed by atoms with van der Waals surface area (Å²) in [7, 11) is 1.69. The number of rotatable bonds is 3. The van der Waals surface area contributed by atoms with E-state index < -0.39 is 0 Å². The molecule has 0 aliphatic carbocycles. The zero-order chi connectivity index (χ0) is 11.8. The average molecular weight is 240 g/mol. The molecule has 0 bridgehead atoms. The predicted molar refractivity (Wildman–Crippen MR) is 63.6 cm³/mol. The Hall–Kier alpha value is -1.13. The molecule has 0 atom stereocenters. The zero-order valence-electron chi connectivity index (χ0n) is 9.57. The van der Waals surface area contributed by atoms with Crippen LogP contribution in [-0.4, -0.2) is 27.5 Å². The summed E-state index contributed by atoms with van der Waals surface area (Å²) in [6, 6.07) is 3.60. The molecule has 0 radical (unpaired) electrons. The number of hydrogen-bond donors (Lipinski definition) is 0. The van der Waals surface area contributed by atoms with Gasteiger partial charge in [0.05, 0.1) is 18.3 Å². The normalized spacial score (nSPS) is 12.2. The minimum atomic E-state index is -0.244. The number of nitrogens with zero attached hydrogens (tertiary/aromatic N) is 3. The smallest absolute Gasteiger partial charge is 0.129 e.